The molecule has 0 bridgehead atoms. The highest BCUT2D eigenvalue weighted by atomic mass is 28.4. The quantitative estimate of drug-likeness (QED) is 0.207. The molecule has 0 aromatic rings. The first kappa shape index (κ1) is 30.5. The number of aliphatic hydroxyl groups is 1. The Morgan fingerprint density at radius 3 is 2.11 bits per heavy atom. The minimum Gasteiger partial charge on any atom is -0.413 e. The van der Waals surface area contributed by atoms with Gasteiger partial charge in [0.1, 0.15) is 0 Å². The Balaban J connectivity index is 1.78. The van der Waals surface area contributed by atoms with E-state index in [0.29, 0.717) is 30.1 Å². The number of allylic oxidation sites excluding steroid dienone is 5. The average molecular weight is 559 g/mol. The third-order valence-corrected chi connectivity index (χ3v) is 21.3. The molecule has 2 fully saturated rings. The molecule has 2 saturated carbocycles. The zero-order valence-corrected chi connectivity index (χ0v) is 29.0. The van der Waals surface area contributed by atoms with Crippen molar-refractivity contribution in [3.8, 4) is 0 Å². The van der Waals surface area contributed by atoms with Crippen LogP contribution in [0.1, 0.15) is 101 Å². The zero-order valence-electron chi connectivity index (χ0n) is 27.0. The fraction of sp³-hybridized carbons (Fsp3) is 0.818. The Morgan fingerprint density at radius 1 is 0.947 bits per heavy atom. The van der Waals surface area contributed by atoms with Crippen molar-refractivity contribution < 1.29 is 14.0 Å². The predicted octanol–water partition coefficient (Wildman–Crippen LogP) is 9.53. The summed E-state index contributed by atoms with van der Waals surface area (Å²) in [6.07, 6.45) is 13.3. The molecule has 0 radical (unpaired) electrons. The van der Waals surface area contributed by atoms with Crippen LogP contribution in [0.4, 0.5) is 0 Å². The van der Waals surface area contributed by atoms with Crippen LogP contribution in [-0.4, -0.2) is 33.6 Å². The van der Waals surface area contributed by atoms with Crippen molar-refractivity contribution in [1.29, 1.82) is 0 Å². The Hall–Kier alpha value is -0.466. The van der Waals surface area contributed by atoms with Crippen LogP contribution >= 0.6 is 0 Å². The Kier molecular flexibility index (Phi) is 7.44. The van der Waals surface area contributed by atoms with E-state index in [9.17, 15) is 5.11 Å². The lowest BCUT2D eigenvalue weighted by Gasteiger charge is -2.60. The van der Waals surface area contributed by atoms with Gasteiger partial charge >= 0.3 is 0 Å². The molecule has 0 saturated heterocycles. The fourth-order valence-corrected chi connectivity index (χ4v) is 10.5. The second-order valence-electron chi connectivity index (χ2n) is 16.6. The van der Waals surface area contributed by atoms with Gasteiger partial charge in [0.05, 0.1) is 6.10 Å². The van der Waals surface area contributed by atoms with Crippen LogP contribution in [0.15, 0.2) is 34.9 Å². The predicted molar refractivity (Wildman–Crippen MR) is 166 cm³/mol. The molecule has 38 heavy (non-hydrogen) atoms. The van der Waals surface area contributed by atoms with Gasteiger partial charge in [0, 0.05) is 18.3 Å². The van der Waals surface area contributed by atoms with Gasteiger partial charge in [-0.15, -0.1) is 0 Å². The Bertz CT molecular complexity index is 1040. The molecule has 1 N–H and O–H groups in total. The molecule has 0 aromatic heterocycles. The van der Waals surface area contributed by atoms with Crippen LogP contribution in [0.25, 0.3) is 0 Å². The van der Waals surface area contributed by atoms with Gasteiger partial charge in [0.15, 0.2) is 22.4 Å². The highest BCUT2D eigenvalue weighted by molar-refractivity contribution is 6.74. The van der Waals surface area contributed by atoms with Gasteiger partial charge in [-0.1, -0.05) is 97.3 Å². The summed E-state index contributed by atoms with van der Waals surface area (Å²) in [5, 5.41) is 12.4. The topological polar surface area (TPSA) is 38.7 Å². The molecule has 1 unspecified atom stereocenters. The van der Waals surface area contributed by atoms with Gasteiger partial charge in [0.25, 0.3) is 0 Å². The molecular formula is C33H58O3Si2. The lowest BCUT2D eigenvalue weighted by molar-refractivity contribution is -0.198. The first-order chi connectivity index (χ1) is 17.1. The van der Waals surface area contributed by atoms with Crippen molar-refractivity contribution in [1.82, 2.24) is 0 Å². The molecule has 0 amide bonds. The van der Waals surface area contributed by atoms with Crippen LogP contribution < -0.4 is 0 Å². The maximum absolute atomic E-state index is 12.2. The molecule has 0 heterocycles. The monoisotopic (exact) mass is 558 g/mol. The second-order valence-corrected chi connectivity index (χ2v) is 26.1. The van der Waals surface area contributed by atoms with Gasteiger partial charge in [-0.05, 0) is 79.2 Å². The highest BCUT2D eigenvalue weighted by Gasteiger charge is 2.61. The largest absolute Gasteiger partial charge is 0.413 e. The standard InChI is InChI=1S/C33H58O3Si2/c1-14-23-16-18-26-25-17-15-24-21-33(34,36-38(12,13)30(5,6)7)22-28(35-37(10,11)29(2,3)4)32(24,9)27(25)19-20-31(23,26)8/h15-17,26-28,34H,14,18-22H2,1-13H3/t26-,27-,28?,31+,32-,33-/m0/s1. The van der Waals surface area contributed by atoms with E-state index < -0.39 is 22.4 Å². The number of fused-ring (bicyclic) bond motifs is 5. The average Bonchev–Trinajstić information content (AvgIpc) is 3.08. The minimum atomic E-state index is -2.19. The summed E-state index contributed by atoms with van der Waals surface area (Å²) in [6.45, 7) is 30.3. The molecule has 5 heteroatoms. The number of hydrogen-bond acceptors (Lipinski definition) is 3. The molecule has 216 valence electrons. The maximum Gasteiger partial charge on any atom is 0.195 e. The van der Waals surface area contributed by atoms with E-state index in [1.165, 1.54) is 24.8 Å². The van der Waals surface area contributed by atoms with E-state index in [1.807, 2.05) is 0 Å². The van der Waals surface area contributed by atoms with Crippen LogP contribution in [0, 0.1) is 22.7 Å². The normalized spacial score (nSPS) is 38.1. The van der Waals surface area contributed by atoms with Crippen molar-refractivity contribution in [3.63, 3.8) is 0 Å². The summed E-state index contributed by atoms with van der Waals surface area (Å²) in [5.41, 5.74) is 4.84. The summed E-state index contributed by atoms with van der Waals surface area (Å²) in [6, 6.07) is 0. The van der Waals surface area contributed by atoms with E-state index in [0.717, 1.165) is 6.42 Å². The molecule has 6 atom stereocenters. The van der Waals surface area contributed by atoms with Crippen LogP contribution in [0.3, 0.4) is 0 Å². The summed E-state index contributed by atoms with van der Waals surface area (Å²) in [4.78, 5) is 0. The smallest absolute Gasteiger partial charge is 0.195 e. The van der Waals surface area contributed by atoms with Gasteiger partial charge in [-0.25, -0.2) is 0 Å². The van der Waals surface area contributed by atoms with Crippen LogP contribution in [0.5, 0.6) is 0 Å². The molecule has 0 aliphatic heterocycles. The molecule has 4 aliphatic carbocycles. The fourth-order valence-electron chi connectivity index (χ4n) is 7.65. The van der Waals surface area contributed by atoms with Crippen LogP contribution in [-0.2, 0) is 8.85 Å². The van der Waals surface area contributed by atoms with Crippen molar-refractivity contribution in [2.24, 2.45) is 22.7 Å². The number of hydrogen-bond donors (Lipinski definition) is 1. The van der Waals surface area contributed by atoms with Crippen molar-refractivity contribution in [2.45, 2.75) is 149 Å². The summed E-state index contributed by atoms with van der Waals surface area (Å²) >= 11 is 0. The number of rotatable bonds is 5. The van der Waals surface area contributed by atoms with Crippen molar-refractivity contribution >= 4 is 16.6 Å². The van der Waals surface area contributed by atoms with Gasteiger partial charge in [-0.3, -0.25) is 0 Å². The summed E-state index contributed by atoms with van der Waals surface area (Å²) in [5.74, 6) is -0.110. The zero-order chi connectivity index (χ0) is 28.7. The van der Waals surface area contributed by atoms with Gasteiger partial charge in [-0.2, -0.15) is 0 Å². The van der Waals surface area contributed by atoms with E-state index in [4.69, 9.17) is 8.85 Å². The lowest BCUT2D eigenvalue weighted by Crippen LogP contribution is -2.62. The Labute approximate surface area is 236 Å². The summed E-state index contributed by atoms with van der Waals surface area (Å²) < 4.78 is 14.2. The molecule has 4 rings (SSSR count). The van der Waals surface area contributed by atoms with Crippen molar-refractivity contribution in [2.75, 3.05) is 0 Å². The third-order valence-electron chi connectivity index (χ3n) is 12.3. The molecule has 4 aliphatic rings. The van der Waals surface area contributed by atoms with E-state index in [1.54, 1.807) is 11.1 Å². The molecule has 3 nitrogen and oxygen atoms in total. The molecule has 0 aromatic carbocycles. The van der Waals surface area contributed by atoms with Gasteiger partial charge in [0.2, 0.25) is 0 Å². The first-order valence-electron chi connectivity index (χ1n) is 15.3. The maximum atomic E-state index is 12.2. The Morgan fingerprint density at radius 2 is 1.55 bits per heavy atom. The molecule has 0 spiro atoms. The summed E-state index contributed by atoms with van der Waals surface area (Å²) in [7, 11) is -4.29. The van der Waals surface area contributed by atoms with E-state index >= 15 is 0 Å². The lowest BCUT2D eigenvalue weighted by atomic mass is 9.49. The van der Waals surface area contributed by atoms with Gasteiger partial charge < -0.3 is 14.0 Å². The second kappa shape index (κ2) is 9.27. The highest BCUT2D eigenvalue weighted by Crippen LogP contribution is 2.65. The van der Waals surface area contributed by atoms with Crippen molar-refractivity contribution in [3.05, 3.63) is 34.9 Å². The van der Waals surface area contributed by atoms with E-state index in [-0.39, 0.29) is 21.6 Å². The van der Waals surface area contributed by atoms with E-state index in [2.05, 4.69) is 107 Å². The SMILES string of the molecule is CCC1=CC[C@H]2C3=CC=C4C[C@](O)(O[Si](C)(C)C(C)(C)C)CC(O[Si](C)(C)C(C)(C)C)[C@]4(C)[C@H]3CC[C@]12C. The third kappa shape index (κ3) is 4.74. The minimum absolute atomic E-state index is 0.0353. The molecular weight excluding hydrogens is 501 g/mol. The van der Waals surface area contributed by atoms with Crippen LogP contribution in [0.2, 0.25) is 36.3 Å². The first-order valence-corrected chi connectivity index (χ1v) is 21.1.